The molecule has 0 aliphatic carbocycles. The lowest BCUT2D eigenvalue weighted by atomic mass is 10.00. The number of amides is 1. The van der Waals surface area contributed by atoms with E-state index in [1.165, 1.54) is 24.2 Å². The summed E-state index contributed by atoms with van der Waals surface area (Å²) in [7, 11) is 0. The van der Waals surface area contributed by atoms with Crippen molar-refractivity contribution in [3.8, 4) is 21.9 Å². The van der Waals surface area contributed by atoms with Crippen molar-refractivity contribution in [2.75, 3.05) is 32.8 Å². The minimum atomic E-state index is 0. The van der Waals surface area contributed by atoms with Crippen molar-refractivity contribution in [2.24, 2.45) is 5.92 Å². The van der Waals surface area contributed by atoms with Crippen molar-refractivity contribution in [1.82, 2.24) is 10.6 Å². The molecule has 1 atom stereocenters. The van der Waals surface area contributed by atoms with Crippen LogP contribution in [0.5, 0.6) is 11.5 Å². The topological polar surface area (TPSA) is 59.6 Å². The van der Waals surface area contributed by atoms with Gasteiger partial charge in [-0.15, -0.1) is 23.7 Å². The van der Waals surface area contributed by atoms with Gasteiger partial charge in [-0.3, -0.25) is 4.79 Å². The molecular formula is C19H23ClN2O3S. The van der Waals surface area contributed by atoms with E-state index in [2.05, 4.69) is 10.6 Å². The van der Waals surface area contributed by atoms with Crippen LogP contribution in [0.15, 0.2) is 30.3 Å². The molecule has 1 fully saturated rings. The minimum absolute atomic E-state index is 0. The van der Waals surface area contributed by atoms with E-state index in [1.54, 1.807) is 0 Å². The average molecular weight is 395 g/mol. The van der Waals surface area contributed by atoms with Crippen molar-refractivity contribution in [3.05, 3.63) is 35.2 Å². The first kappa shape index (κ1) is 19.0. The highest BCUT2D eigenvalue weighted by Gasteiger charge is 2.17. The lowest BCUT2D eigenvalue weighted by Crippen LogP contribution is -2.37. The van der Waals surface area contributed by atoms with E-state index in [0.717, 1.165) is 46.5 Å². The van der Waals surface area contributed by atoms with Gasteiger partial charge in [-0.25, -0.2) is 0 Å². The maximum absolute atomic E-state index is 12.4. The van der Waals surface area contributed by atoms with Crippen LogP contribution < -0.4 is 20.1 Å². The van der Waals surface area contributed by atoms with Crippen molar-refractivity contribution in [3.63, 3.8) is 0 Å². The summed E-state index contributed by atoms with van der Waals surface area (Å²) in [6, 6.07) is 9.81. The molecule has 1 saturated heterocycles. The number of hydrogen-bond donors (Lipinski definition) is 2. The molecule has 140 valence electrons. The molecule has 1 aromatic heterocycles. The Kier molecular flexibility index (Phi) is 6.40. The zero-order valence-corrected chi connectivity index (χ0v) is 16.1. The Bertz CT molecular complexity index is 759. The van der Waals surface area contributed by atoms with Gasteiger partial charge in [-0.1, -0.05) is 0 Å². The van der Waals surface area contributed by atoms with Crippen molar-refractivity contribution < 1.29 is 14.3 Å². The molecule has 0 spiro atoms. The van der Waals surface area contributed by atoms with Crippen LogP contribution in [-0.4, -0.2) is 38.8 Å². The Morgan fingerprint density at radius 2 is 2.04 bits per heavy atom. The first-order chi connectivity index (χ1) is 12.3. The van der Waals surface area contributed by atoms with Crippen molar-refractivity contribution >= 4 is 29.7 Å². The van der Waals surface area contributed by atoms with Crippen LogP contribution in [-0.2, 0) is 0 Å². The molecule has 0 saturated carbocycles. The number of carbonyl (C=O) groups excluding carboxylic acids is 1. The van der Waals surface area contributed by atoms with E-state index in [9.17, 15) is 4.79 Å². The summed E-state index contributed by atoms with van der Waals surface area (Å²) in [5.74, 6) is 2.10. The Balaban J connectivity index is 0.00000196. The van der Waals surface area contributed by atoms with E-state index in [1.807, 2.05) is 30.3 Å². The molecule has 3 heterocycles. The number of rotatable bonds is 4. The molecule has 7 heteroatoms. The Hall–Kier alpha value is -1.76. The molecule has 0 radical (unpaired) electrons. The molecule has 2 aromatic rings. The highest BCUT2D eigenvalue weighted by atomic mass is 35.5. The number of piperidine rings is 1. The fourth-order valence-electron chi connectivity index (χ4n) is 3.23. The maximum atomic E-state index is 12.4. The second-order valence-corrected chi connectivity index (χ2v) is 7.53. The minimum Gasteiger partial charge on any atom is -0.486 e. The molecule has 4 rings (SSSR count). The summed E-state index contributed by atoms with van der Waals surface area (Å²) in [5, 5.41) is 6.45. The summed E-state index contributed by atoms with van der Waals surface area (Å²) in [6.45, 7) is 3.99. The van der Waals surface area contributed by atoms with Gasteiger partial charge < -0.3 is 20.1 Å². The third-order valence-electron chi connectivity index (χ3n) is 4.61. The van der Waals surface area contributed by atoms with E-state index in [4.69, 9.17) is 9.47 Å². The first-order valence-electron chi connectivity index (χ1n) is 8.78. The number of halogens is 1. The largest absolute Gasteiger partial charge is 0.486 e. The predicted molar refractivity (Wildman–Crippen MR) is 106 cm³/mol. The third kappa shape index (κ3) is 4.31. The summed E-state index contributed by atoms with van der Waals surface area (Å²) in [4.78, 5) is 14.2. The van der Waals surface area contributed by atoms with Gasteiger partial charge in [-0.2, -0.15) is 0 Å². The maximum Gasteiger partial charge on any atom is 0.261 e. The van der Waals surface area contributed by atoms with Crippen molar-refractivity contribution in [1.29, 1.82) is 0 Å². The number of benzene rings is 1. The van der Waals surface area contributed by atoms with E-state index < -0.39 is 0 Å². The molecule has 2 aliphatic heterocycles. The number of thiophene rings is 1. The van der Waals surface area contributed by atoms with Crippen LogP contribution in [0.2, 0.25) is 0 Å². The molecule has 0 bridgehead atoms. The first-order valence-corrected chi connectivity index (χ1v) is 9.60. The normalized spacial score (nSPS) is 18.7. The second kappa shape index (κ2) is 8.75. The fourth-order valence-corrected chi connectivity index (χ4v) is 4.15. The fraction of sp³-hybridized carbons (Fsp3) is 0.421. The van der Waals surface area contributed by atoms with Gasteiger partial charge in [0.05, 0.1) is 4.88 Å². The lowest BCUT2D eigenvalue weighted by Gasteiger charge is -2.22. The SMILES string of the molecule is Cl.O=C(NCC1CCCNC1)c1ccc(-c2ccc3c(c2)OCCO3)s1. The Labute approximate surface area is 163 Å². The van der Waals surface area contributed by atoms with Crippen LogP contribution in [0.1, 0.15) is 22.5 Å². The van der Waals surface area contributed by atoms with Gasteiger partial charge in [0.1, 0.15) is 13.2 Å². The van der Waals surface area contributed by atoms with Crippen molar-refractivity contribution in [2.45, 2.75) is 12.8 Å². The smallest absolute Gasteiger partial charge is 0.261 e. The van der Waals surface area contributed by atoms with E-state index >= 15 is 0 Å². The highest BCUT2D eigenvalue weighted by Crippen LogP contribution is 2.36. The zero-order chi connectivity index (χ0) is 17.1. The van der Waals surface area contributed by atoms with Gasteiger partial charge in [0.2, 0.25) is 0 Å². The van der Waals surface area contributed by atoms with Crippen LogP contribution in [0, 0.1) is 5.92 Å². The lowest BCUT2D eigenvalue weighted by molar-refractivity contribution is 0.0949. The highest BCUT2D eigenvalue weighted by molar-refractivity contribution is 7.17. The van der Waals surface area contributed by atoms with E-state index in [0.29, 0.717) is 19.1 Å². The predicted octanol–water partition coefficient (Wildman–Crippen LogP) is 3.34. The Morgan fingerprint density at radius 1 is 1.19 bits per heavy atom. The summed E-state index contributed by atoms with van der Waals surface area (Å²) in [6.07, 6.45) is 2.37. The molecular weight excluding hydrogens is 372 g/mol. The van der Waals surface area contributed by atoms with Gasteiger partial charge >= 0.3 is 0 Å². The number of nitrogens with one attached hydrogen (secondary N) is 2. The van der Waals surface area contributed by atoms with E-state index in [-0.39, 0.29) is 18.3 Å². The van der Waals surface area contributed by atoms with Crippen LogP contribution >= 0.6 is 23.7 Å². The monoisotopic (exact) mass is 394 g/mol. The molecule has 1 unspecified atom stereocenters. The van der Waals surface area contributed by atoms with Gasteiger partial charge in [0.15, 0.2) is 11.5 Å². The van der Waals surface area contributed by atoms with Gasteiger partial charge in [0.25, 0.3) is 5.91 Å². The third-order valence-corrected chi connectivity index (χ3v) is 5.74. The molecule has 1 amide bonds. The van der Waals surface area contributed by atoms with Gasteiger partial charge in [0, 0.05) is 11.4 Å². The van der Waals surface area contributed by atoms with Crippen LogP contribution in [0.4, 0.5) is 0 Å². The summed E-state index contributed by atoms with van der Waals surface area (Å²) < 4.78 is 11.2. The number of hydrogen-bond acceptors (Lipinski definition) is 5. The molecule has 2 N–H and O–H groups in total. The average Bonchev–Trinajstić information content (AvgIpc) is 3.17. The number of fused-ring (bicyclic) bond motifs is 1. The van der Waals surface area contributed by atoms with Crippen LogP contribution in [0.25, 0.3) is 10.4 Å². The zero-order valence-electron chi connectivity index (χ0n) is 14.5. The second-order valence-electron chi connectivity index (χ2n) is 6.44. The molecule has 26 heavy (non-hydrogen) atoms. The summed E-state index contributed by atoms with van der Waals surface area (Å²) in [5.41, 5.74) is 1.05. The Morgan fingerprint density at radius 3 is 2.85 bits per heavy atom. The molecule has 5 nitrogen and oxygen atoms in total. The standard InChI is InChI=1S/C19H22N2O3S.ClH/c22-19(21-12-13-2-1-7-20-11-13)18-6-5-17(25-18)14-3-4-15-16(10-14)24-9-8-23-15;/h3-6,10,13,20H,1-2,7-9,11-12H2,(H,21,22);1H. The number of ether oxygens (including phenoxy) is 2. The quantitative estimate of drug-likeness (QED) is 0.835. The summed E-state index contributed by atoms with van der Waals surface area (Å²) >= 11 is 1.51. The molecule has 2 aliphatic rings. The molecule has 1 aromatic carbocycles. The van der Waals surface area contributed by atoms with Crippen LogP contribution in [0.3, 0.4) is 0 Å². The van der Waals surface area contributed by atoms with Gasteiger partial charge in [-0.05, 0) is 67.7 Å². The number of carbonyl (C=O) groups is 1.